The quantitative estimate of drug-likeness (QED) is 0.786. The van der Waals surface area contributed by atoms with Crippen LogP contribution >= 0.6 is 0 Å². The first-order valence-corrected chi connectivity index (χ1v) is 6.79. The molecule has 1 aliphatic rings. The summed E-state index contributed by atoms with van der Waals surface area (Å²) in [5, 5.41) is 10.5. The molecule has 0 radical (unpaired) electrons. The van der Waals surface area contributed by atoms with E-state index >= 15 is 0 Å². The third-order valence-corrected chi connectivity index (χ3v) is 3.22. The van der Waals surface area contributed by atoms with Crippen LogP contribution < -0.4 is 10.6 Å². The van der Waals surface area contributed by atoms with Crippen molar-refractivity contribution in [2.75, 3.05) is 19.7 Å². The van der Waals surface area contributed by atoms with Crippen molar-refractivity contribution >= 4 is 5.91 Å². The number of morpholine rings is 1. The first kappa shape index (κ1) is 14.0. The van der Waals surface area contributed by atoms with Crippen LogP contribution in [0.1, 0.15) is 24.6 Å². The van der Waals surface area contributed by atoms with E-state index in [0.717, 1.165) is 30.8 Å². The Balaban J connectivity index is 1.79. The second kappa shape index (κ2) is 6.68. The lowest BCUT2D eigenvalue weighted by molar-refractivity contribution is -0.124. The van der Waals surface area contributed by atoms with Crippen LogP contribution in [0, 0.1) is 0 Å². The van der Waals surface area contributed by atoms with Gasteiger partial charge >= 0.3 is 0 Å². The summed E-state index contributed by atoms with van der Waals surface area (Å²) in [5.41, 5.74) is 2.12. The number of aromatic nitrogens is 2. The standard InChI is InChI=1S/C13H22N4O2/c1-3-12-10(9-17(2)16-12)7-15-13(18)6-11-8-14-4-5-19-11/h9,11,14H,3-8H2,1-2H3,(H,15,18). The number of ether oxygens (including phenoxy) is 1. The molecule has 0 bridgehead atoms. The Morgan fingerprint density at radius 2 is 2.53 bits per heavy atom. The number of hydrogen-bond donors (Lipinski definition) is 2. The summed E-state index contributed by atoms with van der Waals surface area (Å²) in [6, 6.07) is 0. The van der Waals surface area contributed by atoms with Crippen molar-refractivity contribution in [1.82, 2.24) is 20.4 Å². The average molecular weight is 266 g/mol. The Morgan fingerprint density at radius 1 is 1.68 bits per heavy atom. The molecule has 2 rings (SSSR count). The summed E-state index contributed by atoms with van der Waals surface area (Å²) in [7, 11) is 1.89. The molecule has 2 N–H and O–H groups in total. The maximum Gasteiger partial charge on any atom is 0.222 e. The fourth-order valence-electron chi connectivity index (χ4n) is 2.25. The molecule has 19 heavy (non-hydrogen) atoms. The molecule has 6 heteroatoms. The van der Waals surface area contributed by atoms with E-state index in [1.165, 1.54) is 0 Å². The van der Waals surface area contributed by atoms with Gasteiger partial charge in [-0.15, -0.1) is 0 Å². The van der Waals surface area contributed by atoms with Crippen molar-refractivity contribution in [2.45, 2.75) is 32.4 Å². The topological polar surface area (TPSA) is 68.2 Å². The maximum absolute atomic E-state index is 11.8. The highest BCUT2D eigenvalue weighted by molar-refractivity contribution is 5.76. The van der Waals surface area contributed by atoms with E-state index in [2.05, 4.69) is 22.7 Å². The van der Waals surface area contributed by atoms with E-state index in [0.29, 0.717) is 19.6 Å². The molecule has 1 fully saturated rings. The van der Waals surface area contributed by atoms with Gasteiger partial charge in [-0.2, -0.15) is 5.10 Å². The van der Waals surface area contributed by atoms with Crippen LogP contribution in [0.4, 0.5) is 0 Å². The molecule has 0 spiro atoms. The van der Waals surface area contributed by atoms with Crippen molar-refractivity contribution in [2.24, 2.45) is 7.05 Å². The Kier molecular flexibility index (Phi) is 4.93. The van der Waals surface area contributed by atoms with Crippen molar-refractivity contribution < 1.29 is 9.53 Å². The van der Waals surface area contributed by atoms with Crippen LogP contribution in [-0.4, -0.2) is 41.5 Å². The summed E-state index contributed by atoms with van der Waals surface area (Å²) in [6.07, 6.45) is 3.24. The Labute approximate surface area is 113 Å². The van der Waals surface area contributed by atoms with E-state index in [1.807, 2.05) is 13.2 Å². The monoisotopic (exact) mass is 266 g/mol. The van der Waals surface area contributed by atoms with Crippen molar-refractivity contribution in [3.63, 3.8) is 0 Å². The molecular formula is C13H22N4O2. The zero-order chi connectivity index (χ0) is 13.7. The van der Waals surface area contributed by atoms with Crippen LogP contribution in [-0.2, 0) is 29.5 Å². The number of nitrogens with one attached hydrogen (secondary N) is 2. The molecule has 1 saturated heterocycles. The maximum atomic E-state index is 11.8. The van der Waals surface area contributed by atoms with Crippen LogP contribution in [0.3, 0.4) is 0 Å². The largest absolute Gasteiger partial charge is 0.375 e. The first-order chi connectivity index (χ1) is 9.19. The first-order valence-electron chi connectivity index (χ1n) is 6.79. The van der Waals surface area contributed by atoms with Crippen molar-refractivity contribution in [1.29, 1.82) is 0 Å². The van der Waals surface area contributed by atoms with Gasteiger partial charge in [0.25, 0.3) is 0 Å². The Bertz CT molecular complexity index is 424. The number of carbonyl (C=O) groups is 1. The Hall–Kier alpha value is -1.40. The molecule has 0 saturated carbocycles. The molecule has 1 aromatic rings. The number of nitrogens with zero attached hydrogens (tertiary/aromatic N) is 2. The van der Waals surface area contributed by atoms with Gasteiger partial charge in [0.05, 0.1) is 24.8 Å². The number of rotatable bonds is 5. The highest BCUT2D eigenvalue weighted by Gasteiger charge is 2.17. The molecule has 1 aromatic heterocycles. The molecular weight excluding hydrogens is 244 g/mol. The summed E-state index contributed by atoms with van der Waals surface area (Å²) in [5.74, 6) is 0.0274. The van der Waals surface area contributed by atoms with Crippen LogP contribution in [0.2, 0.25) is 0 Å². The highest BCUT2D eigenvalue weighted by atomic mass is 16.5. The number of amides is 1. The van der Waals surface area contributed by atoms with Gasteiger partial charge in [-0.25, -0.2) is 0 Å². The molecule has 1 aliphatic heterocycles. The number of aryl methyl sites for hydroxylation is 2. The molecule has 0 aliphatic carbocycles. The average Bonchev–Trinajstić information content (AvgIpc) is 2.78. The van der Waals surface area contributed by atoms with Gasteiger partial charge in [0.1, 0.15) is 0 Å². The van der Waals surface area contributed by atoms with Gasteiger partial charge in [0.15, 0.2) is 0 Å². The predicted octanol–water partition coefficient (Wildman–Crippen LogP) is -0.0228. The molecule has 6 nitrogen and oxygen atoms in total. The number of carbonyl (C=O) groups excluding carboxylic acids is 1. The highest BCUT2D eigenvalue weighted by Crippen LogP contribution is 2.07. The summed E-state index contributed by atoms with van der Waals surface area (Å²) in [6.45, 7) is 4.90. The van der Waals surface area contributed by atoms with Gasteiger partial charge < -0.3 is 15.4 Å². The smallest absolute Gasteiger partial charge is 0.222 e. The van der Waals surface area contributed by atoms with Gasteiger partial charge in [0.2, 0.25) is 5.91 Å². The minimum absolute atomic E-state index is 0.00621. The minimum Gasteiger partial charge on any atom is -0.375 e. The SMILES string of the molecule is CCc1nn(C)cc1CNC(=O)CC1CNCCO1. The van der Waals surface area contributed by atoms with Crippen LogP contribution in [0.15, 0.2) is 6.20 Å². The van der Waals surface area contributed by atoms with Crippen molar-refractivity contribution in [3.05, 3.63) is 17.5 Å². The fourth-order valence-corrected chi connectivity index (χ4v) is 2.25. The third-order valence-electron chi connectivity index (χ3n) is 3.22. The molecule has 1 atom stereocenters. The summed E-state index contributed by atoms with van der Waals surface area (Å²) < 4.78 is 7.30. The van der Waals surface area contributed by atoms with Gasteiger partial charge in [-0.3, -0.25) is 9.48 Å². The van der Waals surface area contributed by atoms with Crippen molar-refractivity contribution in [3.8, 4) is 0 Å². The fraction of sp³-hybridized carbons (Fsp3) is 0.692. The van der Waals surface area contributed by atoms with E-state index < -0.39 is 0 Å². The second-order valence-electron chi connectivity index (χ2n) is 4.81. The Morgan fingerprint density at radius 3 is 3.21 bits per heavy atom. The van der Waals surface area contributed by atoms with E-state index in [9.17, 15) is 4.79 Å². The lowest BCUT2D eigenvalue weighted by Gasteiger charge is -2.23. The molecule has 0 aromatic carbocycles. The zero-order valence-electron chi connectivity index (χ0n) is 11.6. The van der Waals surface area contributed by atoms with E-state index in [-0.39, 0.29) is 12.0 Å². The lowest BCUT2D eigenvalue weighted by atomic mass is 10.2. The number of hydrogen-bond acceptors (Lipinski definition) is 4. The minimum atomic E-state index is -0.00621. The third kappa shape index (κ3) is 4.04. The molecule has 106 valence electrons. The molecule has 1 amide bonds. The van der Waals surface area contributed by atoms with E-state index in [4.69, 9.17) is 4.74 Å². The van der Waals surface area contributed by atoms with Gasteiger partial charge in [-0.1, -0.05) is 6.92 Å². The summed E-state index contributed by atoms with van der Waals surface area (Å²) in [4.78, 5) is 11.8. The van der Waals surface area contributed by atoms with E-state index in [1.54, 1.807) is 4.68 Å². The summed E-state index contributed by atoms with van der Waals surface area (Å²) >= 11 is 0. The van der Waals surface area contributed by atoms with Crippen LogP contribution in [0.5, 0.6) is 0 Å². The normalized spacial score (nSPS) is 19.4. The van der Waals surface area contributed by atoms with Gasteiger partial charge in [-0.05, 0) is 6.42 Å². The molecule has 1 unspecified atom stereocenters. The van der Waals surface area contributed by atoms with Crippen LogP contribution in [0.25, 0.3) is 0 Å². The lowest BCUT2D eigenvalue weighted by Crippen LogP contribution is -2.41. The van der Waals surface area contributed by atoms with Gasteiger partial charge in [0, 0.05) is 38.4 Å². The molecule has 2 heterocycles. The second-order valence-corrected chi connectivity index (χ2v) is 4.81. The predicted molar refractivity (Wildman–Crippen MR) is 71.7 cm³/mol. The zero-order valence-corrected chi connectivity index (χ0v) is 11.6.